The molecule has 2 N–H and O–H groups in total. The highest BCUT2D eigenvalue weighted by Gasteiger charge is 2.39. The number of benzene rings is 1. The summed E-state index contributed by atoms with van der Waals surface area (Å²) in [5.74, 6) is 4.38. The summed E-state index contributed by atoms with van der Waals surface area (Å²) < 4.78 is 14.0. The van der Waals surface area contributed by atoms with E-state index in [9.17, 15) is 9.18 Å². The molecule has 112 valence electrons. The second-order valence-corrected chi connectivity index (χ2v) is 6.08. The summed E-state index contributed by atoms with van der Waals surface area (Å²) in [5, 5.41) is 11.3. The summed E-state index contributed by atoms with van der Waals surface area (Å²) in [5.41, 5.74) is 0.616. The van der Waals surface area contributed by atoms with Crippen molar-refractivity contribution in [2.75, 3.05) is 11.9 Å². The molecule has 1 fully saturated rings. The monoisotopic (exact) mass is 289 g/mol. The number of amides is 1. The maximum absolute atomic E-state index is 14.0. The third-order valence-electron chi connectivity index (χ3n) is 4.11. The minimum Gasteiger partial charge on any atom is -0.384 e. The van der Waals surface area contributed by atoms with Gasteiger partial charge in [-0.2, -0.15) is 0 Å². The van der Waals surface area contributed by atoms with Gasteiger partial charge in [0.1, 0.15) is 12.4 Å². The van der Waals surface area contributed by atoms with Crippen LogP contribution < -0.4 is 5.32 Å². The number of hydrogen-bond acceptors (Lipinski definition) is 2. The molecule has 21 heavy (non-hydrogen) atoms. The Labute approximate surface area is 124 Å². The molecule has 1 aromatic carbocycles. The number of halogens is 1. The highest BCUT2D eigenvalue weighted by atomic mass is 19.1. The van der Waals surface area contributed by atoms with E-state index in [1.54, 1.807) is 6.07 Å². The first kappa shape index (κ1) is 15.5. The highest BCUT2D eigenvalue weighted by Crippen LogP contribution is 2.43. The standard InChI is InChI=1S/C17H20FNO2/c1-17(2)9-3-6-13(17)16(21)19-15-8-7-12(5-4-10-20)11-14(15)18/h7-8,11,13,20H,3,6,9-10H2,1-2H3,(H,19,21). The second kappa shape index (κ2) is 6.28. The highest BCUT2D eigenvalue weighted by molar-refractivity contribution is 5.93. The van der Waals surface area contributed by atoms with E-state index in [2.05, 4.69) is 31.0 Å². The van der Waals surface area contributed by atoms with Crippen molar-refractivity contribution in [3.8, 4) is 11.8 Å². The molecule has 1 amide bonds. The van der Waals surface area contributed by atoms with Gasteiger partial charge in [0.05, 0.1) is 5.69 Å². The summed E-state index contributed by atoms with van der Waals surface area (Å²) in [6.07, 6.45) is 2.90. The molecule has 0 heterocycles. The molecule has 1 aliphatic rings. The zero-order valence-electron chi connectivity index (χ0n) is 12.4. The molecule has 1 saturated carbocycles. The molecule has 0 saturated heterocycles. The third-order valence-corrected chi connectivity index (χ3v) is 4.11. The molecule has 3 nitrogen and oxygen atoms in total. The molecule has 0 aliphatic heterocycles. The number of carbonyl (C=O) groups is 1. The van der Waals surface area contributed by atoms with E-state index in [1.165, 1.54) is 12.1 Å². The lowest BCUT2D eigenvalue weighted by Crippen LogP contribution is -2.31. The van der Waals surface area contributed by atoms with Crippen LogP contribution in [0.2, 0.25) is 0 Å². The predicted octanol–water partition coefficient (Wildman–Crippen LogP) is 2.93. The van der Waals surface area contributed by atoms with Crippen molar-refractivity contribution in [1.82, 2.24) is 0 Å². The van der Waals surface area contributed by atoms with Crippen molar-refractivity contribution < 1.29 is 14.3 Å². The van der Waals surface area contributed by atoms with Crippen LogP contribution >= 0.6 is 0 Å². The van der Waals surface area contributed by atoms with Gasteiger partial charge in [-0.1, -0.05) is 32.1 Å². The Morgan fingerprint density at radius 2 is 2.29 bits per heavy atom. The molecule has 0 spiro atoms. The van der Waals surface area contributed by atoms with Crippen LogP contribution in [0.5, 0.6) is 0 Å². The number of aliphatic hydroxyl groups excluding tert-OH is 1. The summed E-state index contributed by atoms with van der Waals surface area (Å²) >= 11 is 0. The van der Waals surface area contributed by atoms with Crippen LogP contribution in [0, 0.1) is 29.0 Å². The molecule has 4 heteroatoms. The van der Waals surface area contributed by atoms with Crippen molar-refractivity contribution in [3.63, 3.8) is 0 Å². The lowest BCUT2D eigenvalue weighted by atomic mass is 9.81. The van der Waals surface area contributed by atoms with Crippen molar-refractivity contribution in [3.05, 3.63) is 29.6 Å². The fourth-order valence-electron chi connectivity index (χ4n) is 2.87. The zero-order valence-corrected chi connectivity index (χ0v) is 12.4. The van der Waals surface area contributed by atoms with Gasteiger partial charge < -0.3 is 10.4 Å². The first-order valence-corrected chi connectivity index (χ1v) is 7.14. The van der Waals surface area contributed by atoms with Gasteiger partial charge in [0.15, 0.2) is 0 Å². The van der Waals surface area contributed by atoms with Crippen LogP contribution in [0.4, 0.5) is 10.1 Å². The number of nitrogens with one attached hydrogen (secondary N) is 1. The molecule has 1 unspecified atom stereocenters. The van der Waals surface area contributed by atoms with E-state index in [4.69, 9.17) is 5.11 Å². The molecule has 1 aliphatic carbocycles. The topological polar surface area (TPSA) is 49.3 Å². The Morgan fingerprint density at radius 3 is 2.86 bits per heavy atom. The molecular formula is C17H20FNO2. The zero-order chi connectivity index (χ0) is 15.5. The maximum Gasteiger partial charge on any atom is 0.228 e. The van der Waals surface area contributed by atoms with Gasteiger partial charge >= 0.3 is 0 Å². The Hall–Kier alpha value is -1.86. The maximum atomic E-state index is 14.0. The predicted molar refractivity (Wildman–Crippen MR) is 80.1 cm³/mol. The fourth-order valence-corrected chi connectivity index (χ4v) is 2.87. The van der Waals surface area contributed by atoms with Crippen LogP contribution in [0.1, 0.15) is 38.7 Å². The van der Waals surface area contributed by atoms with Gasteiger partial charge in [-0.25, -0.2) is 4.39 Å². The smallest absolute Gasteiger partial charge is 0.228 e. The molecule has 0 radical (unpaired) electrons. The first-order valence-electron chi connectivity index (χ1n) is 7.14. The number of rotatable bonds is 2. The average Bonchev–Trinajstić information content (AvgIpc) is 2.78. The molecule has 1 atom stereocenters. The lowest BCUT2D eigenvalue weighted by Gasteiger charge is -2.25. The first-order chi connectivity index (χ1) is 9.94. The normalized spacial score (nSPS) is 19.7. The van der Waals surface area contributed by atoms with Crippen molar-refractivity contribution >= 4 is 11.6 Å². The molecular weight excluding hydrogens is 269 g/mol. The fraction of sp³-hybridized carbons (Fsp3) is 0.471. The van der Waals surface area contributed by atoms with E-state index in [-0.39, 0.29) is 29.5 Å². The van der Waals surface area contributed by atoms with Gasteiger partial charge in [-0.15, -0.1) is 0 Å². The van der Waals surface area contributed by atoms with Gasteiger partial charge in [-0.05, 0) is 36.5 Å². The van der Waals surface area contributed by atoms with Gasteiger partial charge in [0.25, 0.3) is 0 Å². The van der Waals surface area contributed by atoms with Crippen LogP contribution in [-0.4, -0.2) is 17.6 Å². The van der Waals surface area contributed by atoms with Crippen LogP contribution in [0.25, 0.3) is 0 Å². The van der Waals surface area contributed by atoms with Gasteiger partial charge in [0, 0.05) is 11.5 Å². The third kappa shape index (κ3) is 3.62. The van der Waals surface area contributed by atoms with Crippen LogP contribution in [-0.2, 0) is 4.79 Å². The summed E-state index contributed by atoms with van der Waals surface area (Å²) in [4.78, 5) is 12.3. The van der Waals surface area contributed by atoms with E-state index in [0.29, 0.717) is 5.56 Å². The van der Waals surface area contributed by atoms with E-state index in [1.807, 2.05) is 0 Å². The molecule has 0 bridgehead atoms. The SMILES string of the molecule is CC1(C)CCCC1C(=O)Nc1ccc(C#CCO)cc1F. The molecule has 0 aromatic heterocycles. The number of carbonyl (C=O) groups excluding carboxylic acids is 1. The number of hydrogen-bond donors (Lipinski definition) is 2. The van der Waals surface area contributed by atoms with Crippen molar-refractivity contribution in [1.29, 1.82) is 0 Å². The Bertz CT molecular complexity index is 599. The van der Waals surface area contributed by atoms with E-state index < -0.39 is 5.82 Å². The van der Waals surface area contributed by atoms with E-state index >= 15 is 0 Å². The van der Waals surface area contributed by atoms with Crippen molar-refractivity contribution in [2.24, 2.45) is 11.3 Å². The Kier molecular flexibility index (Phi) is 4.64. The summed E-state index contributed by atoms with van der Waals surface area (Å²) in [7, 11) is 0. The number of anilines is 1. The molecule has 1 aromatic rings. The van der Waals surface area contributed by atoms with Crippen molar-refractivity contribution in [2.45, 2.75) is 33.1 Å². The lowest BCUT2D eigenvalue weighted by molar-refractivity contribution is -0.122. The number of aliphatic hydroxyl groups is 1. The largest absolute Gasteiger partial charge is 0.384 e. The summed E-state index contributed by atoms with van der Waals surface area (Å²) in [6.45, 7) is 3.89. The Morgan fingerprint density at radius 1 is 1.52 bits per heavy atom. The van der Waals surface area contributed by atoms with Gasteiger partial charge in [0.2, 0.25) is 5.91 Å². The molecule has 2 rings (SSSR count). The summed E-state index contributed by atoms with van der Waals surface area (Å²) in [6, 6.07) is 4.40. The van der Waals surface area contributed by atoms with E-state index in [0.717, 1.165) is 19.3 Å². The van der Waals surface area contributed by atoms with Gasteiger partial charge in [-0.3, -0.25) is 4.79 Å². The minimum atomic E-state index is -0.510. The van der Waals surface area contributed by atoms with Crippen LogP contribution in [0.15, 0.2) is 18.2 Å². The second-order valence-electron chi connectivity index (χ2n) is 6.08. The van der Waals surface area contributed by atoms with Crippen LogP contribution in [0.3, 0.4) is 0 Å². The Balaban J connectivity index is 2.11. The quantitative estimate of drug-likeness (QED) is 0.822. The average molecular weight is 289 g/mol. The minimum absolute atomic E-state index is 0.0346.